The van der Waals surface area contributed by atoms with Gasteiger partial charge in [-0.25, -0.2) is 0 Å². The molecule has 0 spiro atoms. The molecule has 0 aliphatic carbocycles. The summed E-state index contributed by atoms with van der Waals surface area (Å²) in [6.07, 6.45) is 4.77. The highest BCUT2D eigenvalue weighted by Gasteiger charge is 2.27. The maximum absolute atomic E-state index is 12.9. The predicted octanol–water partition coefficient (Wildman–Crippen LogP) is 2.96. The van der Waals surface area contributed by atoms with Crippen LogP contribution in [0.25, 0.3) is 0 Å². The number of likely N-dealkylation sites (tertiary alicyclic amines) is 1. The second kappa shape index (κ2) is 7.68. The fraction of sp³-hybridized carbons (Fsp3) is 0.526. The van der Waals surface area contributed by atoms with Crippen LogP contribution in [0.4, 0.5) is 0 Å². The van der Waals surface area contributed by atoms with E-state index < -0.39 is 0 Å². The number of hydrogen-bond donors (Lipinski definition) is 0. The fourth-order valence-corrected chi connectivity index (χ4v) is 3.51. The minimum atomic E-state index is 0.0486. The van der Waals surface area contributed by atoms with Crippen molar-refractivity contribution in [3.63, 3.8) is 0 Å². The predicted molar refractivity (Wildman–Crippen MR) is 95.7 cm³/mol. The Hall–Kier alpha value is -2.37. The van der Waals surface area contributed by atoms with Crippen LogP contribution in [0.3, 0.4) is 0 Å². The SMILES string of the molecule is COc1ccccc1C(=O)N1CCCC(Cc2nncn2C(C)C)C1. The summed E-state index contributed by atoms with van der Waals surface area (Å²) < 4.78 is 7.45. The lowest BCUT2D eigenvalue weighted by atomic mass is 9.93. The Kier molecular flexibility index (Phi) is 5.36. The van der Waals surface area contributed by atoms with Crippen molar-refractivity contribution in [1.82, 2.24) is 19.7 Å². The van der Waals surface area contributed by atoms with Gasteiger partial charge < -0.3 is 14.2 Å². The lowest BCUT2D eigenvalue weighted by Gasteiger charge is -2.33. The summed E-state index contributed by atoms with van der Waals surface area (Å²) in [5.74, 6) is 2.10. The average Bonchev–Trinajstić information content (AvgIpc) is 3.09. The van der Waals surface area contributed by atoms with Crippen molar-refractivity contribution < 1.29 is 9.53 Å². The molecule has 6 heteroatoms. The number of nitrogens with zero attached hydrogens (tertiary/aromatic N) is 4. The van der Waals surface area contributed by atoms with Gasteiger partial charge >= 0.3 is 0 Å². The van der Waals surface area contributed by atoms with Gasteiger partial charge in [-0.15, -0.1) is 10.2 Å². The van der Waals surface area contributed by atoms with Crippen LogP contribution in [-0.4, -0.2) is 45.8 Å². The maximum atomic E-state index is 12.9. The number of methoxy groups -OCH3 is 1. The largest absolute Gasteiger partial charge is 0.496 e. The molecule has 1 aromatic heterocycles. The van der Waals surface area contributed by atoms with Crippen LogP contribution in [0.1, 0.15) is 48.9 Å². The van der Waals surface area contributed by atoms with Gasteiger partial charge in [-0.3, -0.25) is 4.79 Å². The van der Waals surface area contributed by atoms with E-state index >= 15 is 0 Å². The van der Waals surface area contributed by atoms with Crippen LogP contribution in [0.15, 0.2) is 30.6 Å². The Balaban J connectivity index is 1.70. The number of para-hydroxylation sites is 1. The molecular weight excluding hydrogens is 316 g/mol. The molecule has 3 rings (SSSR count). The third kappa shape index (κ3) is 3.83. The summed E-state index contributed by atoms with van der Waals surface area (Å²) in [6.45, 7) is 5.81. The molecule has 1 saturated heterocycles. The molecule has 0 N–H and O–H groups in total. The number of ether oxygens (including phenoxy) is 1. The summed E-state index contributed by atoms with van der Waals surface area (Å²) in [6, 6.07) is 7.77. The monoisotopic (exact) mass is 342 g/mol. The number of carbonyl (C=O) groups excluding carboxylic acids is 1. The van der Waals surface area contributed by atoms with Crippen LogP contribution < -0.4 is 4.74 Å². The zero-order valence-corrected chi connectivity index (χ0v) is 15.2. The molecule has 6 nitrogen and oxygen atoms in total. The normalized spacial score (nSPS) is 17.8. The lowest BCUT2D eigenvalue weighted by molar-refractivity contribution is 0.0668. The molecule has 1 fully saturated rings. The molecule has 1 amide bonds. The molecule has 2 aromatic rings. The highest BCUT2D eigenvalue weighted by molar-refractivity contribution is 5.97. The Morgan fingerprint density at radius 3 is 2.92 bits per heavy atom. The van der Waals surface area contributed by atoms with E-state index in [9.17, 15) is 4.79 Å². The molecule has 0 bridgehead atoms. The number of piperidine rings is 1. The molecule has 1 aliphatic rings. The van der Waals surface area contributed by atoms with Crippen LogP contribution in [0.5, 0.6) is 5.75 Å². The fourth-order valence-electron chi connectivity index (χ4n) is 3.51. The van der Waals surface area contributed by atoms with Crippen molar-refractivity contribution in [1.29, 1.82) is 0 Å². The molecule has 0 saturated carbocycles. The van der Waals surface area contributed by atoms with Gasteiger partial charge in [0, 0.05) is 25.6 Å². The smallest absolute Gasteiger partial charge is 0.257 e. The van der Waals surface area contributed by atoms with E-state index in [2.05, 4.69) is 28.6 Å². The van der Waals surface area contributed by atoms with Crippen molar-refractivity contribution in [3.8, 4) is 5.75 Å². The van der Waals surface area contributed by atoms with E-state index in [1.165, 1.54) is 0 Å². The quantitative estimate of drug-likeness (QED) is 0.838. The minimum Gasteiger partial charge on any atom is -0.496 e. The summed E-state index contributed by atoms with van der Waals surface area (Å²) in [4.78, 5) is 14.9. The number of carbonyl (C=O) groups is 1. The maximum Gasteiger partial charge on any atom is 0.257 e. The molecule has 134 valence electrons. The molecule has 1 unspecified atom stereocenters. The molecule has 2 heterocycles. The van der Waals surface area contributed by atoms with Crippen molar-refractivity contribution in [3.05, 3.63) is 42.0 Å². The van der Waals surface area contributed by atoms with Crippen LogP contribution >= 0.6 is 0 Å². The van der Waals surface area contributed by atoms with Gasteiger partial charge in [0.1, 0.15) is 17.9 Å². The van der Waals surface area contributed by atoms with Crippen LogP contribution in [-0.2, 0) is 6.42 Å². The zero-order chi connectivity index (χ0) is 17.8. The van der Waals surface area contributed by atoms with Crippen molar-refractivity contribution in [2.75, 3.05) is 20.2 Å². The van der Waals surface area contributed by atoms with E-state index in [1.807, 2.05) is 29.2 Å². The van der Waals surface area contributed by atoms with Gasteiger partial charge in [0.05, 0.1) is 12.7 Å². The van der Waals surface area contributed by atoms with Crippen LogP contribution in [0.2, 0.25) is 0 Å². The topological polar surface area (TPSA) is 60.2 Å². The second-order valence-corrected chi connectivity index (χ2v) is 6.91. The Bertz CT molecular complexity index is 726. The molecule has 1 aromatic carbocycles. The summed E-state index contributed by atoms with van der Waals surface area (Å²) >= 11 is 0. The first kappa shape index (κ1) is 17.5. The third-order valence-corrected chi connectivity index (χ3v) is 4.82. The van der Waals surface area contributed by atoms with E-state index in [-0.39, 0.29) is 5.91 Å². The standard InChI is InChI=1S/C19H26N4O2/c1-14(2)23-13-20-21-18(23)11-15-7-6-10-22(12-15)19(24)16-8-4-5-9-17(16)25-3/h4-5,8-9,13-15H,6-7,10-12H2,1-3H3. The van der Waals surface area contributed by atoms with Crippen molar-refractivity contribution >= 4 is 5.91 Å². The van der Waals surface area contributed by atoms with E-state index in [1.54, 1.807) is 13.4 Å². The van der Waals surface area contributed by atoms with Gasteiger partial charge in [-0.1, -0.05) is 12.1 Å². The average molecular weight is 342 g/mol. The highest BCUT2D eigenvalue weighted by Crippen LogP contribution is 2.25. The first-order valence-corrected chi connectivity index (χ1v) is 8.90. The number of amides is 1. The Morgan fingerprint density at radius 1 is 1.36 bits per heavy atom. The highest BCUT2D eigenvalue weighted by atomic mass is 16.5. The van der Waals surface area contributed by atoms with Gasteiger partial charge in [0.15, 0.2) is 0 Å². The first-order chi connectivity index (χ1) is 12.1. The number of benzene rings is 1. The zero-order valence-electron chi connectivity index (χ0n) is 15.2. The summed E-state index contributed by atoms with van der Waals surface area (Å²) in [7, 11) is 1.60. The summed E-state index contributed by atoms with van der Waals surface area (Å²) in [5.41, 5.74) is 0.635. The molecular formula is C19H26N4O2. The molecule has 1 aliphatic heterocycles. The van der Waals surface area contributed by atoms with Gasteiger partial charge in [-0.05, 0) is 44.7 Å². The lowest BCUT2D eigenvalue weighted by Crippen LogP contribution is -2.40. The first-order valence-electron chi connectivity index (χ1n) is 8.90. The third-order valence-electron chi connectivity index (χ3n) is 4.82. The summed E-state index contributed by atoms with van der Waals surface area (Å²) in [5, 5.41) is 8.33. The number of aromatic nitrogens is 3. The second-order valence-electron chi connectivity index (χ2n) is 6.91. The Morgan fingerprint density at radius 2 is 2.16 bits per heavy atom. The van der Waals surface area contributed by atoms with Gasteiger partial charge in [-0.2, -0.15) is 0 Å². The van der Waals surface area contributed by atoms with E-state index in [0.29, 0.717) is 23.3 Å². The molecule has 0 radical (unpaired) electrons. The van der Waals surface area contributed by atoms with Crippen LogP contribution in [0, 0.1) is 5.92 Å². The number of hydrogen-bond acceptors (Lipinski definition) is 4. The number of rotatable bonds is 5. The van der Waals surface area contributed by atoms with E-state index in [0.717, 1.165) is 38.2 Å². The Labute approximate surface area is 148 Å². The van der Waals surface area contributed by atoms with Gasteiger partial charge in [0.2, 0.25) is 0 Å². The van der Waals surface area contributed by atoms with Gasteiger partial charge in [0.25, 0.3) is 5.91 Å². The molecule has 25 heavy (non-hydrogen) atoms. The van der Waals surface area contributed by atoms with E-state index in [4.69, 9.17) is 4.74 Å². The minimum absolute atomic E-state index is 0.0486. The molecule has 1 atom stereocenters. The van der Waals surface area contributed by atoms with Crippen molar-refractivity contribution in [2.45, 2.75) is 39.2 Å². The van der Waals surface area contributed by atoms with Crippen molar-refractivity contribution in [2.24, 2.45) is 5.92 Å².